The van der Waals surface area contributed by atoms with Crippen LogP contribution in [0.3, 0.4) is 0 Å². The number of aromatic nitrogens is 1. The van der Waals surface area contributed by atoms with E-state index in [1.165, 1.54) is 5.56 Å². The Morgan fingerprint density at radius 1 is 1.11 bits per heavy atom. The molecule has 3 atom stereocenters. The Kier molecular flexibility index (Phi) is 4.99. The van der Waals surface area contributed by atoms with E-state index in [0.717, 1.165) is 36.9 Å². The number of anilines is 1. The minimum absolute atomic E-state index is 0.353. The first-order valence-electron chi connectivity index (χ1n) is 10.0. The fraction of sp³-hybridized carbons (Fsp3) is 0.478. The van der Waals surface area contributed by atoms with E-state index in [0.29, 0.717) is 29.4 Å². The molecule has 0 radical (unpaired) electrons. The summed E-state index contributed by atoms with van der Waals surface area (Å²) in [7, 11) is 3.92. The first kappa shape index (κ1) is 18.8. The molecule has 2 fully saturated rings. The molecule has 2 aromatic rings. The first-order chi connectivity index (χ1) is 13.5. The average molecular weight is 377 g/mol. The van der Waals surface area contributed by atoms with E-state index >= 15 is 0 Å². The van der Waals surface area contributed by atoms with E-state index in [-0.39, 0.29) is 0 Å². The number of nitriles is 1. The van der Waals surface area contributed by atoms with Gasteiger partial charge < -0.3 is 9.64 Å². The number of hydrogen-bond acceptors (Lipinski definition) is 5. The lowest BCUT2D eigenvalue weighted by atomic mass is 9.89. The van der Waals surface area contributed by atoms with Crippen LogP contribution in [0.5, 0.6) is 5.75 Å². The van der Waals surface area contributed by atoms with E-state index in [1.54, 1.807) is 7.11 Å². The van der Waals surface area contributed by atoms with Gasteiger partial charge in [-0.1, -0.05) is 26.0 Å². The van der Waals surface area contributed by atoms with Crippen LogP contribution >= 0.6 is 0 Å². The van der Waals surface area contributed by atoms with Crippen LogP contribution in [-0.4, -0.2) is 43.7 Å². The van der Waals surface area contributed by atoms with Crippen molar-refractivity contribution in [3.8, 4) is 11.8 Å². The van der Waals surface area contributed by atoms with Crippen molar-refractivity contribution in [2.75, 3.05) is 38.7 Å². The highest BCUT2D eigenvalue weighted by atomic mass is 16.5. The van der Waals surface area contributed by atoms with Gasteiger partial charge >= 0.3 is 0 Å². The van der Waals surface area contributed by atoms with Crippen molar-refractivity contribution in [1.29, 1.82) is 5.26 Å². The molecular weight excluding hydrogens is 348 g/mol. The summed E-state index contributed by atoms with van der Waals surface area (Å²) in [6.45, 7) is 7.26. The van der Waals surface area contributed by atoms with Crippen LogP contribution in [0.4, 0.5) is 5.82 Å². The standard InChI is InChI=1S/C23H28N4O/c1-15(2)21-10-7-17(11-24)23(25-21)27-13-18-12-26(3)22(20(18)14-27)16-5-8-19(28-4)9-6-16/h5-10,15,18,20,22H,12-14H2,1-4H3/t18-,20+,22-/m0/s1. The van der Waals surface area contributed by atoms with Gasteiger partial charge in [0.2, 0.25) is 0 Å². The number of rotatable bonds is 4. The number of hydrogen-bond donors (Lipinski definition) is 0. The molecule has 4 rings (SSSR count). The summed E-state index contributed by atoms with van der Waals surface area (Å²) in [6, 6.07) is 15.1. The van der Waals surface area contributed by atoms with Crippen molar-refractivity contribution in [2.24, 2.45) is 11.8 Å². The number of benzene rings is 1. The zero-order valence-electron chi connectivity index (χ0n) is 17.1. The summed E-state index contributed by atoms with van der Waals surface area (Å²) in [5.41, 5.74) is 3.07. The fourth-order valence-electron chi connectivity index (χ4n) is 4.85. The van der Waals surface area contributed by atoms with E-state index in [4.69, 9.17) is 9.72 Å². The molecular formula is C23H28N4O. The highest BCUT2D eigenvalue weighted by Crippen LogP contribution is 2.45. The summed E-state index contributed by atoms with van der Waals surface area (Å²) in [5.74, 6) is 3.23. The maximum absolute atomic E-state index is 9.60. The molecule has 1 aromatic heterocycles. The van der Waals surface area contributed by atoms with Gasteiger partial charge in [0.15, 0.2) is 0 Å². The third kappa shape index (κ3) is 3.22. The average Bonchev–Trinajstić information content (AvgIpc) is 3.24. The summed E-state index contributed by atoms with van der Waals surface area (Å²) < 4.78 is 5.32. The third-order valence-electron chi connectivity index (χ3n) is 6.26. The molecule has 2 saturated heterocycles. The van der Waals surface area contributed by atoms with Gasteiger partial charge in [0.05, 0.1) is 12.7 Å². The molecule has 5 nitrogen and oxygen atoms in total. The van der Waals surface area contributed by atoms with Gasteiger partial charge in [-0.2, -0.15) is 5.26 Å². The molecule has 2 aliphatic rings. The Labute approximate surface area is 167 Å². The highest BCUT2D eigenvalue weighted by Gasteiger charge is 2.46. The second kappa shape index (κ2) is 7.44. The zero-order valence-corrected chi connectivity index (χ0v) is 17.1. The monoisotopic (exact) mass is 376 g/mol. The molecule has 0 amide bonds. The Balaban J connectivity index is 1.61. The summed E-state index contributed by atoms with van der Waals surface area (Å²) >= 11 is 0. The normalized spacial score (nSPS) is 24.4. The van der Waals surface area contributed by atoms with Crippen LogP contribution in [0.15, 0.2) is 36.4 Å². The van der Waals surface area contributed by atoms with Gasteiger partial charge in [-0.3, -0.25) is 4.90 Å². The fourth-order valence-corrected chi connectivity index (χ4v) is 4.85. The molecule has 0 bridgehead atoms. The van der Waals surface area contributed by atoms with Crippen molar-refractivity contribution in [3.63, 3.8) is 0 Å². The topological polar surface area (TPSA) is 52.4 Å². The van der Waals surface area contributed by atoms with E-state index < -0.39 is 0 Å². The van der Waals surface area contributed by atoms with Crippen LogP contribution in [0, 0.1) is 23.2 Å². The maximum atomic E-state index is 9.60. The lowest BCUT2D eigenvalue weighted by Gasteiger charge is -2.28. The van der Waals surface area contributed by atoms with Crippen LogP contribution in [0.1, 0.15) is 42.6 Å². The van der Waals surface area contributed by atoms with Crippen molar-refractivity contribution in [2.45, 2.75) is 25.8 Å². The molecule has 146 valence electrons. The number of pyridine rings is 1. The third-order valence-corrected chi connectivity index (χ3v) is 6.26. The number of likely N-dealkylation sites (tertiary alicyclic amines) is 1. The molecule has 3 heterocycles. The minimum Gasteiger partial charge on any atom is -0.497 e. The molecule has 5 heteroatoms. The van der Waals surface area contributed by atoms with Gasteiger partial charge in [0.1, 0.15) is 17.6 Å². The zero-order chi connectivity index (χ0) is 19.8. The van der Waals surface area contributed by atoms with Crippen molar-refractivity contribution >= 4 is 5.82 Å². The quantitative estimate of drug-likeness (QED) is 0.812. The van der Waals surface area contributed by atoms with Crippen LogP contribution in [0.25, 0.3) is 0 Å². The Morgan fingerprint density at radius 2 is 1.86 bits per heavy atom. The molecule has 28 heavy (non-hydrogen) atoms. The largest absolute Gasteiger partial charge is 0.497 e. The predicted molar refractivity (Wildman–Crippen MR) is 111 cm³/mol. The second-order valence-corrected chi connectivity index (χ2v) is 8.36. The van der Waals surface area contributed by atoms with E-state index in [9.17, 15) is 5.26 Å². The van der Waals surface area contributed by atoms with Gasteiger partial charge in [-0.15, -0.1) is 0 Å². The summed E-state index contributed by atoms with van der Waals surface area (Å²) in [6.07, 6.45) is 0. The minimum atomic E-state index is 0.353. The van der Waals surface area contributed by atoms with Gasteiger partial charge in [0.25, 0.3) is 0 Å². The van der Waals surface area contributed by atoms with Crippen molar-refractivity contribution in [1.82, 2.24) is 9.88 Å². The Morgan fingerprint density at radius 3 is 2.50 bits per heavy atom. The summed E-state index contributed by atoms with van der Waals surface area (Å²) in [5, 5.41) is 9.60. The Hall–Kier alpha value is -2.58. The number of nitrogens with zero attached hydrogens (tertiary/aromatic N) is 4. The number of methoxy groups -OCH3 is 1. The molecule has 0 aliphatic carbocycles. The smallest absolute Gasteiger partial charge is 0.146 e. The molecule has 0 unspecified atom stereocenters. The van der Waals surface area contributed by atoms with E-state index in [1.807, 2.05) is 24.3 Å². The molecule has 1 aromatic carbocycles. The second-order valence-electron chi connectivity index (χ2n) is 8.36. The van der Waals surface area contributed by atoms with Gasteiger partial charge in [-0.25, -0.2) is 4.98 Å². The van der Waals surface area contributed by atoms with Crippen LogP contribution < -0.4 is 9.64 Å². The first-order valence-corrected chi connectivity index (χ1v) is 10.0. The SMILES string of the molecule is COc1ccc([C@H]2[C@@H]3CN(c4nc(C(C)C)ccc4C#N)C[C@@H]3CN2C)cc1. The molecule has 0 spiro atoms. The van der Waals surface area contributed by atoms with E-state index in [2.05, 4.69) is 48.9 Å². The summed E-state index contributed by atoms with van der Waals surface area (Å²) in [4.78, 5) is 9.67. The molecule has 2 aliphatic heterocycles. The molecule has 0 N–H and O–H groups in total. The number of fused-ring (bicyclic) bond motifs is 1. The molecule has 0 saturated carbocycles. The predicted octanol–water partition coefficient (Wildman–Crippen LogP) is 3.82. The lowest BCUT2D eigenvalue weighted by molar-refractivity contribution is 0.279. The number of ether oxygens (including phenoxy) is 1. The highest BCUT2D eigenvalue weighted by molar-refractivity contribution is 5.55. The maximum Gasteiger partial charge on any atom is 0.146 e. The van der Waals surface area contributed by atoms with Gasteiger partial charge in [0, 0.05) is 37.3 Å². The van der Waals surface area contributed by atoms with Gasteiger partial charge in [-0.05, 0) is 48.7 Å². The lowest BCUT2D eigenvalue weighted by Crippen LogP contribution is -2.30. The van der Waals surface area contributed by atoms with Crippen molar-refractivity contribution < 1.29 is 4.74 Å². The van der Waals surface area contributed by atoms with Crippen molar-refractivity contribution in [3.05, 3.63) is 53.2 Å². The Bertz CT molecular complexity index is 886. The van der Waals surface area contributed by atoms with Crippen LogP contribution in [-0.2, 0) is 0 Å². The van der Waals surface area contributed by atoms with Crippen LogP contribution in [0.2, 0.25) is 0 Å².